The molecule has 0 saturated carbocycles. The smallest absolute Gasteiger partial charge is 0.305 e. The Kier molecular flexibility index (Phi) is 8.42. The van der Waals surface area contributed by atoms with Crippen molar-refractivity contribution in [1.29, 1.82) is 0 Å². The normalized spacial score (nSPS) is 10.8. The van der Waals surface area contributed by atoms with Crippen molar-refractivity contribution in [3.05, 3.63) is 59.5 Å². The van der Waals surface area contributed by atoms with E-state index in [2.05, 4.69) is 15.5 Å². The molecule has 2 aromatic carbocycles. The van der Waals surface area contributed by atoms with E-state index in [4.69, 9.17) is 14.2 Å². The number of methoxy groups -OCH3 is 1. The van der Waals surface area contributed by atoms with Gasteiger partial charge in [-0.15, -0.1) is 11.3 Å². The summed E-state index contributed by atoms with van der Waals surface area (Å²) in [4.78, 5) is 16.0. The summed E-state index contributed by atoms with van der Waals surface area (Å²) in [5, 5.41) is 6.97. The third kappa shape index (κ3) is 6.55. The second-order valence-electron chi connectivity index (χ2n) is 6.41. The molecule has 0 spiro atoms. The lowest BCUT2D eigenvalue weighted by Gasteiger charge is -2.13. The van der Waals surface area contributed by atoms with Gasteiger partial charge in [0.2, 0.25) is 5.13 Å². The van der Waals surface area contributed by atoms with Crippen molar-refractivity contribution in [2.75, 3.05) is 25.7 Å². The maximum Gasteiger partial charge on any atom is 0.305 e. The molecule has 0 atom stereocenters. The lowest BCUT2D eigenvalue weighted by Crippen LogP contribution is -2.08. The maximum absolute atomic E-state index is 11.5. The minimum atomic E-state index is -0.226. The van der Waals surface area contributed by atoms with Gasteiger partial charge in [0, 0.05) is 22.9 Å². The zero-order valence-corrected chi connectivity index (χ0v) is 18.4. The van der Waals surface area contributed by atoms with Crippen LogP contribution < -0.4 is 14.9 Å². The molecule has 8 heteroatoms. The highest BCUT2D eigenvalue weighted by Crippen LogP contribution is 2.30. The summed E-state index contributed by atoms with van der Waals surface area (Å²) in [6.45, 7) is 2.53. The van der Waals surface area contributed by atoms with Gasteiger partial charge in [-0.1, -0.05) is 36.4 Å². The van der Waals surface area contributed by atoms with E-state index in [1.165, 1.54) is 11.3 Å². The van der Waals surface area contributed by atoms with E-state index in [0.29, 0.717) is 42.7 Å². The standard InChI is InChI=1S/C23H25N3O4S/c1-3-29-21(27)13-8-14-30-22-18(11-7-12-20(22)28-2)15-24-26-23-25-19(16-31-23)17-9-5-4-6-10-17/h4-7,9-12,15-16H,3,8,13-14H2,1-2H3,(H,25,26). The van der Waals surface area contributed by atoms with Crippen LogP contribution >= 0.6 is 11.3 Å². The zero-order chi connectivity index (χ0) is 21.9. The fraction of sp³-hybridized carbons (Fsp3) is 0.261. The number of para-hydroxylation sites is 1. The number of hydrogen-bond donors (Lipinski definition) is 1. The molecule has 3 rings (SSSR count). The number of thiazole rings is 1. The molecular weight excluding hydrogens is 414 g/mol. The first-order valence-corrected chi connectivity index (χ1v) is 10.8. The number of esters is 1. The molecule has 0 bridgehead atoms. The summed E-state index contributed by atoms with van der Waals surface area (Å²) in [5.74, 6) is 0.944. The number of anilines is 1. The van der Waals surface area contributed by atoms with Gasteiger partial charge < -0.3 is 14.2 Å². The molecule has 0 saturated heterocycles. The molecule has 0 aliphatic rings. The van der Waals surface area contributed by atoms with Crippen LogP contribution in [0.15, 0.2) is 59.0 Å². The minimum Gasteiger partial charge on any atom is -0.493 e. The topological polar surface area (TPSA) is 82.0 Å². The van der Waals surface area contributed by atoms with Crippen LogP contribution in [0.5, 0.6) is 11.5 Å². The first kappa shape index (κ1) is 22.3. The van der Waals surface area contributed by atoms with E-state index < -0.39 is 0 Å². The second kappa shape index (κ2) is 11.7. The summed E-state index contributed by atoms with van der Waals surface area (Å²) in [6, 6.07) is 15.5. The third-order valence-electron chi connectivity index (χ3n) is 4.24. The average molecular weight is 440 g/mol. The number of nitrogens with one attached hydrogen (secondary N) is 1. The molecule has 31 heavy (non-hydrogen) atoms. The number of hydrogen-bond acceptors (Lipinski definition) is 8. The number of aromatic nitrogens is 1. The van der Waals surface area contributed by atoms with Crippen LogP contribution in [-0.2, 0) is 9.53 Å². The Hall–Kier alpha value is -3.39. The van der Waals surface area contributed by atoms with Crippen molar-refractivity contribution in [2.24, 2.45) is 5.10 Å². The van der Waals surface area contributed by atoms with E-state index in [1.54, 1.807) is 20.2 Å². The maximum atomic E-state index is 11.5. The van der Waals surface area contributed by atoms with Crippen LogP contribution in [0, 0.1) is 0 Å². The van der Waals surface area contributed by atoms with Crippen molar-refractivity contribution in [3.8, 4) is 22.8 Å². The molecule has 0 unspecified atom stereocenters. The van der Waals surface area contributed by atoms with Gasteiger partial charge in [0.05, 0.1) is 32.2 Å². The van der Waals surface area contributed by atoms with Gasteiger partial charge in [0.15, 0.2) is 11.5 Å². The lowest BCUT2D eigenvalue weighted by molar-refractivity contribution is -0.143. The Balaban J connectivity index is 1.62. The Morgan fingerprint density at radius 1 is 1.19 bits per heavy atom. The number of benzene rings is 2. The molecule has 0 radical (unpaired) electrons. The van der Waals surface area contributed by atoms with Crippen LogP contribution in [0.25, 0.3) is 11.3 Å². The van der Waals surface area contributed by atoms with Gasteiger partial charge in [0.1, 0.15) is 0 Å². The molecule has 0 aliphatic heterocycles. The van der Waals surface area contributed by atoms with Gasteiger partial charge >= 0.3 is 5.97 Å². The van der Waals surface area contributed by atoms with Gasteiger partial charge in [0.25, 0.3) is 0 Å². The van der Waals surface area contributed by atoms with Crippen molar-refractivity contribution in [2.45, 2.75) is 19.8 Å². The highest BCUT2D eigenvalue weighted by molar-refractivity contribution is 7.14. The third-order valence-corrected chi connectivity index (χ3v) is 4.99. The SMILES string of the molecule is CCOC(=O)CCCOc1c(C=NNc2nc(-c3ccccc3)cs2)cccc1OC. The summed E-state index contributed by atoms with van der Waals surface area (Å²) < 4.78 is 16.2. The molecule has 1 N–H and O–H groups in total. The number of nitrogens with zero attached hydrogens (tertiary/aromatic N) is 2. The van der Waals surface area contributed by atoms with Crippen LogP contribution in [0.4, 0.5) is 5.13 Å². The Labute approximate surface area is 185 Å². The Morgan fingerprint density at radius 2 is 2.03 bits per heavy atom. The van der Waals surface area contributed by atoms with Crippen LogP contribution in [-0.4, -0.2) is 37.5 Å². The minimum absolute atomic E-state index is 0.226. The monoisotopic (exact) mass is 439 g/mol. The molecule has 162 valence electrons. The Morgan fingerprint density at radius 3 is 2.81 bits per heavy atom. The summed E-state index contributed by atoms with van der Waals surface area (Å²) >= 11 is 1.48. The second-order valence-corrected chi connectivity index (χ2v) is 7.27. The fourth-order valence-corrected chi connectivity index (χ4v) is 3.47. The van der Waals surface area contributed by atoms with E-state index in [-0.39, 0.29) is 5.97 Å². The van der Waals surface area contributed by atoms with Gasteiger partial charge in [-0.05, 0) is 25.5 Å². The number of rotatable bonds is 11. The van der Waals surface area contributed by atoms with Gasteiger partial charge in [-0.3, -0.25) is 10.2 Å². The van der Waals surface area contributed by atoms with Gasteiger partial charge in [-0.25, -0.2) is 4.98 Å². The average Bonchev–Trinajstić information content (AvgIpc) is 3.27. The first-order chi connectivity index (χ1) is 15.2. The van der Waals surface area contributed by atoms with Crippen LogP contribution in [0.2, 0.25) is 0 Å². The summed E-state index contributed by atoms with van der Waals surface area (Å²) in [5.41, 5.74) is 5.67. The van der Waals surface area contributed by atoms with E-state index in [9.17, 15) is 4.79 Å². The van der Waals surface area contributed by atoms with Crippen molar-refractivity contribution >= 4 is 28.7 Å². The lowest BCUT2D eigenvalue weighted by atomic mass is 10.2. The number of carbonyl (C=O) groups is 1. The molecule has 7 nitrogen and oxygen atoms in total. The fourth-order valence-electron chi connectivity index (χ4n) is 2.80. The first-order valence-electron chi connectivity index (χ1n) is 9.96. The quantitative estimate of drug-likeness (QED) is 0.196. The molecular formula is C23H25N3O4S. The van der Waals surface area contributed by atoms with Gasteiger partial charge in [-0.2, -0.15) is 5.10 Å². The Bertz CT molecular complexity index is 1010. The number of hydrazone groups is 1. The van der Waals surface area contributed by atoms with Crippen molar-refractivity contribution in [1.82, 2.24) is 4.98 Å². The molecule has 0 fully saturated rings. The van der Waals surface area contributed by atoms with Crippen LogP contribution in [0.1, 0.15) is 25.3 Å². The number of carbonyl (C=O) groups excluding carboxylic acids is 1. The van der Waals surface area contributed by atoms with E-state index in [0.717, 1.165) is 16.8 Å². The van der Waals surface area contributed by atoms with Crippen LogP contribution in [0.3, 0.4) is 0 Å². The molecule has 0 amide bonds. The predicted molar refractivity (Wildman–Crippen MR) is 123 cm³/mol. The zero-order valence-electron chi connectivity index (χ0n) is 17.5. The van der Waals surface area contributed by atoms with Crippen molar-refractivity contribution in [3.63, 3.8) is 0 Å². The largest absolute Gasteiger partial charge is 0.493 e. The molecule has 1 aromatic heterocycles. The highest BCUT2D eigenvalue weighted by atomic mass is 32.1. The van der Waals surface area contributed by atoms with Crippen molar-refractivity contribution < 1.29 is 19.0 Å². The van der Waals surface area contributed by atoms with E-state index in [1.807, 2.05) is 53.9 Å². The molecule has 1 heterocycles. The summed E-state index contributed by atoms with van der Waals surface area (Å²) in [6.07, 6.45) is 2.52. The summed E-state index contributed by atoms with van der Waals surface area (Å²) in [7, 11) is 1.58. The predicted octanol–water partition coefficient (Wildman–Crippen LogP) is 4.99. The molecule has 0 aliphatic carbocycles. The number of ether oxygens (including phenoxy) is 3. The molecule has 3 aromatic rings. The highest BCUT2D eigenvalue weighted by Gasteiger charge is 2.10. The van der Waals surface area contributed by atoms with E-state index >= 15 is 0 Å².